The fourth-order valence-corrected chi connectivity index (χ4v) is 11.6. The van der Waals surface area contributed by atoms with Gasteiger partial charge in [-0.1, -0.05) is 273 Å². The Kier molecular flexibility index (Phi) is 67.0. The van der Waals surface area contributed by atoms with E-state index in [1.807, 2.05) is 0 Å². The summed E-state index contributed by atoms with van der Waals surface area (Å²) in [4.78, 5) is 72.7. The van der Waals surface area contributed by atoms with E-state index in [1.54, 1.807) is 0 Å². The van der Waals surface area contributed by atoms with E-state index < -0.39 is 97.5 Å². The van der Waals surface area contributed by atoms with E-state index >= 15 is 0 Å². The number of allylic oxidation sites excluding steroid dienone is 14. The fourth-order valence-electron chi connectivity index (χ4n) is 10.0. The van der Waals surface area contributed by atoms with E-state index in [4.69, 9.17) is 37.0 Å². The topological polar surface area (TPSA) is 237 Å². The standard InChI is InChI=1S/C77H136O17P2/c1-5-9-13-17-21-25-29-31-33-34-35-36-38-39-43-46-50-54-58-62-75(80)88-68-73(94-77(82)64-60-56-52-48-44-40-37-32-30-26-22-18-14-10-6-2)70-92-96(85,86)90-66-71(78)65-89-95(83,84)91-69-72(93-76(81)63-59-55-51-47-42-28-24-20-16-12-8-4)67-87-74(79)61-57-53-49-45-41-27-23-19-15-11-7-3/h9,13,19-21,23-25,31,33,35-36,39,43,71-73,78H,5-8,10-12,14-18,22,26-30,32,34,37-38,40-42,44-70H2,1-4H3,(H,83,84)(H,85,86)/b13-9-,23-19-,24-20-,25-21-,33-31-,36-35-,43-39-. The van der Waals surface area contributed by atoms with E-state index in [1.165, 1.54) is 89.9 Å². The Balaban J connectivity index is 5.33. The van der Waals surface area contributed by atoms with E-state index in [0.29, 0.717) is 25.7 Å². The van der Waals surface area contributed by atoms with Crippen LogP contribution in [0.2, 0.25) is 0 Å². The summed E-state index contributed by atoms with van der Waals surface area (Å²) < 4.78 is 68.3. The highest BCUT2D eigenvalue weighted by molar-refractivity contribution is 7.47. The van der Waals surface area contributed by atoms with Crippen LogP contribution in [0, 0.1) is 0 Å². The Morgan fingerprint density at radius 3 is 0.885 bits per heavy atom. The molecule has 5 atom stereocenters. The van der Waals surface area contributed by atoms with Gasteiger partial charge in [0.25, 0.3) is 0 Å². The molecule has 17 nitrogen and oxygen atoms in total. The molecule has 0 aromatic heterocycles. The van der Waals surface area contributed by atoms with Crippen molar-refractivity contribution < 1.29 is 80.2 Å². The lowest BCUT2D eigenvalue weighted by atomic mass is 10.0. The summed E-state index contributed by atoms with van der Waals surface area (Å²) in [6, 6.07) is 0. The molecule has 0 saturated heterocycles. The highest BCUT2D eigenvalue weighted by atomic mass is 31.2. The SMILES string of the molecule is CC/C=C\C/C=C\C/C=C\C/C=C\C/C=C\CCCCCC(=O)OCC(COP(=O)(O)OCC(O)COP(=O)(O)OCC(COC(=O)CCCCCCC/C=C\CCCC)OC(=O)CCCCCCC/C=C\CCCC)OC(=O)CCCCCCCCCCCCCCCCC. The van der Waals surface area contributed by atoms with Crippen LogP contribution in [-0.4, -0.2) is 96.7 Å². The van der Waals surface area contributed by atoms with Crippen molar-refractivity contribution >= 4 is 39.5 Å². The minimum atomic E-state index is -4.98. The predicted octanol–water partition coefficient (Wildman–Crippen LogP) is 21.4. The van der Waals surface area contributed by atoms with Gasteiger partial charge >= 0.3 is 39.5 Å². The van der Waals surface area contributed by atoms with E-state index in [-0.39, 0.29) is 25.7 Å². The number of phosphoric ester groups is 2. The third-order valence-electron chi connectivity index (χ3n) is 15.8. The van der Waals surface area contributed by atoms with Crippen LogP contribution < -0.4 is 0 Å². The second-order valence-electron chi connectivity index (χ2n) is 25.2. The van der Waals surface area contributed by atoms with Crippen molar-refractivity contribution in [2.45, 2.75) is 341 Å². The Morgan fingerprint density at radius 2 is 0.552 bits per heavy atom. The van der Waals surface area contributed by atoms with Crippen molar-refractivity contribution in [3.63, 3.8) is 0 Å². The molecule has 19 heteroatoms. The predicted molar refractivity (Wildman–Crippen MR) is 390 cm³/mol. The third kappa shape index (κ3) is 68.8. The molecule has 0 aliphatic rings. The molecule has 0 rings (SSSR count). The summed E-state index contributed by atoms with van der Waals surface area (Å²) in [6.07, 6.45) is 70.1. The van der Waals surface area contributed by atoms with Crippen LogP contribution in [0.15, 0.2) is 85.1 Å². The molecule has 0 aliphatic heterocycles. The van der Waals surface area contributed by atoms with Crippen LogP contribution >= 0.6 is 15.6 Å². The Morgan fingerprint density at radius 1 is 0.302 bits per heavy atom. The van der Waals surface area contributed by atoms with Gasteiger partial charge in [0.05, 0.1) is 26.4 Å². The summed E-state index contributed by atoms with van der Waals surface area (Å²) in [5, 5.41) is 10.6. The van der Waals surface area contributed by atoms with Gasteiger partial charge in [0.15, 0.2) is 12.2 Å². The maximum absolute atomic E-state index is 13.1. The number of esters is 4. The minimum absolute atomic E-state index is 0.0843. The van der Waals surface area contributed by atoms with Gasteiger partial charge in [-0.05, 0) is 109 Å². The lowest BCUT2D eigenvalue weighted by Crippen LogP contribution is -2.30. The molecule has 0 radical (unpaired) electrons. The van der Waals surface area contributed by atoms with Crippen LogP contribution in [0.25, 0.3) is 0 Å². The first-order valence-corrected chi connectivity index (χ1v) is 40.8. The first-order chi connectivity index (χ1) is 46.7. The van der Waals surface area contributed by atoms with E-state index in [0.717, 1.165) is 154 Å². The largest absolute Gasteiger partial charge is 0.472 e. The molecular weight excluding hydrogens is 1260 g/mol. The minimum Gasteiger partial charge on any atom is -0.462 e. The van der Waals surface area contributed by atoms with Gasteiger partial charge in [-0.25, -0.2) is 9.13 Å². The summed E-state index contributed by atoms with van der Waals surface area (Å²) in [7, 11) is -9.94. The van der Waals surface area contributed by atoms with Gasteiger partial charge in [0.1, 0.15) is 19.3 Å². The Bertz CT molecular complexity index is 2160. The van der Waals surface area contributed by atoms with Gasteiger partial charge in [-0.3, -0.25) is 37.3 Å². The second-order valence-corrected chi connectivity index (χ2v) is 28.1. The van der Waals surface area contributed by atoms with Crippen LogP contribution in [0.4, 0.5) is 0 Å². The molecule has 0 saturated carbocycles. The van der Waals surface area contributed by atoms with Crippen molar-refractivity contribution in [1.29, 1.82) is 0 Å². The van der Waals surface area contributed by atoms with Gasteiger partial charge in [0, 0.05) is 25.7 Å². The summed E-state index contributed by atoms with van der Waals surface area (Å²) in [5.74, 6) is -2.21. The molecule has 0 bridgehead atoms. The third-order valence-corrected chi connectivity index (χ3v) is 17.7. The zero-order valence-electron chi connectivity index (χ0n) is 60.5. The number of hydrogen-bond acceptors (Lipinski definition) is 15. The second kappa shape index (κ2) is 69.7. The highest BCUT2D eigenvalue weighted by Gasteiger charge is 2.30. The Labute approximate surface area is 583 Å². The number of hydrogen-bond donors (Lipinski definition) is 3. The van der Waals surface area contributed by atoms with Crippen molar-refractivity contribution in [3.05, 3.63) is 85.1 Å². The molecule has 5 unspecified atom stereocenters. The van der Waals surface area contributed by atoms with Crippen LogP contribution in [0.3, 0.4) is 0 Å². The number of carbonyl (C=O) groups excluding carboxylic acids is 4. The maximum Gasteiger partial charge on any atom is 0.472 e. The normalized spacial score (nSPS) is 14.4. The Hall–Kier alpha value is -3.76. The van der Waals surface area contributed by atoms with Crippen molar-refractivity contribution in [2.24, 2.45) is 0 Å². The van der Waals surface area contributed by atoms with Crippen molar-refractivity contribution in [3.8, 4) is 0 Å². The number of unbranched alkanes of at least 4 members (excludes halogenated alkanes) is 31. The molecule has 0 aromatic rings. The molecule has 556 valence electrons. The molecular formula is C77H136O17P2. The lowest BCUT2D eigenvalue weighted by molar-refractivity contribution is -0.161. The fraction of sp³-hybridized carbons (Fsp3) is 0.766. The number of phosphoric acid groups is 2. The number of aliphatic hydroxyl groups excluding tert-OH is 1. The van der Waals surface area contributed by atoms with Gasteiger partial charge in [-0.15, -0.1) is 0 Å². The average Bonchev–Trinajstić information content (AvgIpc) is 1.41. The summed E-state index contributed by atoms with van der Waals surface area (Å²) >= 11 is 0. The number of ether oxygens (including phenoxy) is 4. The quantitative estimate of drug-likeness (QED) is 0.0169. The maximum atomic E-state index is 13.1. The monoisotopic (exact) mass is 1390 g/mol. The van der Waals surface area contributed by atoms with E-state index in [2.05, 4.69) is 113 Å². The summed E-state index contributed by atoms with van der Waals surface area (Å²) in [5.41, 5.74) is 0. The van der Waals surface area contributed by atoms with Crippen LogP contribution in [0.1, 0.15) is 323 Å². The number of rotatable bonds is 71. The molecule has 0 heterocycles. The first kappa shape index (κ1) is 92.2. The molecule has 3 N–H and O–H groups in total. The summed E-state index contributed by atoms with van der Waals surface area (Å²) in [6.45, 7) is 4.65. The van der Waals surface area contributed by atoms with Crippen molar-refractivity contribution in [1.82, 2.24) is 0 Å². The van der Waals surface area contributed by atoms with Crippen molar-refractivity contribution in [2.75, 3.05) is 39.6 Å². The molecule has 0 fully saturated rings. The first-order valence-electron chi connectivity index (χ1n) is 37.8. The molecule has 0 aliphatic carbocycles. The van der Waals surface area contributed by atoms with E-state index in [9.17, 15) is 43.2 Å². The zero-order chi connectivity index (χ0) is 70.4. The number of aliphatic hydroxyl groups is 1. The van der Waals surface area contributed by atoms with Crippen LogP contribution in [0.5, 0.6) is 0 Å². The highest BCUT2D eigenvalue weighted by Crippen LogP contribution is 2.45. The molecule has 0 aromatic carbocycles. The zero-order valence-corrected chi connectivity index (χ0v) is 62.3. The lowest BCUT2D eigenvalue weighted by Gasteiger charge is -2.21. The van der Waals surface area contributed by atoms with Gasteiger partial charge < -0.3 is 33.8 Å². The number of carbonyl (C=O) groups is 4. The smallest absolute Gasteiger partial charge is 0.462 e. The van der Waals surface area contributed by atoms with Crippen LogP contribution in [-0.2, 0) is 65.4 Å². The molecule has 0 amide bonds. The van der Waals surface area contributed by atoms with Gasteiger partial charge in [0.2, 0.25) is 0 Å². The average molecular weight is 1400 g/mol. The molecule has 0 spiro atoms. The molecule has 96 heavy (non-hydrogen) atoms. The van der Waals surface area contributed by atoms with Gasteiger partial charge in [-0.2, -0.15) is 0 Å².